The predicted octanol–water partition coefficient (Wildman–Crippen LogP) is 7.82. The quantitative estimate of drug-likeness (QED) is 0.0843. The van der Waals surface area contributed by atoms with Gasteiger partial charge >= 0.3 is 0 Å². The third-order valence-electron chi connectivity index (χ3n) is 11.5. The second-order valence-corrected chi connectivity index (χ2v) is 21.5. The Morgan fingerprint density at radius 3 is 2.27 bits per heavy atom. The number of sulfonamides is 1. The van der Waals surface area contributed by atoms with Crippen molar-refractivity contribution in [3.63, 3.8) is 0 Å². The number of sulfone groups is 1. The summed E-state index contributed by atoms with van der Waals surface area (Å²) in [5, 5.41) is 9.50. The summed E-state index contributed by atoms with van der Waals surface area (Å²) in [6.07, 6.45) is -5.19. The van der Waals surface area contributed by atoms with Crippen LogP contribution in [-0.2, 0) is 50.1 Å². The molecule has 5 aromatic rings. The Hall–Kier alpha value is -5.27. The Balaban J connectivity index is 1.31. The molecule has 64 heavy (non-hydrogen) atoms. The Morgan fingerprint density at radius 1 is 0.969 bits per heavy atom. The number of nitrogens with one attached hydrogen (secondary N) is 2. The third-order valence-corrected chi connectivity index (χ3v) is 15.6. The SMILES string of the molecule is CC(C)(C#Cc1ccc(-c2ccc(Cl)c3c(NS(=O)(=O)C4CC4)nn(CC(F)F)c23)c(C(Cc2cc(F)cc(F)c2)NC(=O)Cn2nc(C(F)F)c3c2C(F)(F)C2CC32)n1)S(C)(=O)=O. The lowest BCUT2D eigenvalue weighted by molar-refractivity contribution is -0.123. The molecule has 2 aromatic carbocycles. The van der Waals surface area contributed by atoms with Gasteiger partial charge in [-0.05, 0) is 87.3 Å². The van der Waals surface area contributed by atoms with Gasteiger partial charge in [0.2, 0.25) is 15.9 Å². The lowest BCUT2D eigenvalue weighted by atomic mass is 9.93. The molecule has 3 aliphatic carbocycles. The number of aromatic nitrogens is 5. The minimum Gasteiger partial charge on any atom is -0.346 e. The third kappa shape index (κ3) is 8.53. The number of carbonyl (C=O) groups excluding carboxylic acids is 1. The van der Waals surface area contributed by atoms with E-state index in [1.807, 2.05) is 0 Å². The van der Waals surface area contributed by atoms with E-state index in [1.54, 1.807) is 0 Å². The number of rotatable bonds is 14. The Morgan fingerprint density at radius 2 is 1.64 bits per heavy atom. The van der Waals surface area contributed by atoms with Crippen LogP contribution in [0.3, 0.4) is 0 Å². The van der Waals surface area contributed by atoms with Crippen molar-refractivity contribution in [1.82, 2.24) is 29.9 Å². The van der Waals surface area contributed by atoms with Crippen LogP contribution in [0, 0.1) is 29.4 Å². The summed E-state index contributed by atoms with van der Waals surface area (Å²) < 4.78 is 170. The highest BCUT2D eigenvalue weighted by Crippen LogP contribution is 2.68. The van der Waals surface area contributed by atoms with Crippen LogP contribution in [-0.4, -0.2) is 70.0 Å². The number of hydrogen-bond acceptors (Lipinski definition) is 8. The second-order valence-electron chi connectivity index (χ2n) is 16.5. The molecule has 12 nitrogen and oxygen atoms in total. The summed E-state index contributed by atoms with van der Waals surface area (Å²) in [5.41, 5.74) is -2.62. The molecule has 2 N–H and O–H groups in total. The van der Waals surface area contributed by atoms with Crippen LogP contribution >= 0.6 is 11.6 Å². The first-order chi connectivity index (χ1) is 29.9. The Labute approximate surface area is 365 Å². The molecule has 0 aliphatic heterocycles. The molecule has 3 heterocycles. The van der Waals surface area contributed by atoms with Crippen molar-refractivity contribution in [3.8, 4) is 23.0 Å². The van der Waals surface area contributed by atoms with Crippen molar-refractivity contribution in [2.75, 3.05) is 11.0 Å². The fourth-order valence-electron chi connectivity index (χ4n) is 7.91. The highest BCUT2D eigenvalue weighted by atomic mass is 35.5. The van der Waals surface area contributed by atoms with Crippen LogP contribution in [0.25, 0.3) is 22.0 Å². The lowest BCUT2D eigenvalue weighted by Gasteiger charge is -2.23. The highest BCUT2D eigenvalue weighted by molar-refractivity contribution is 7.93. The van der Waals surface area contributed by atoms with Crippen LogP contribution in [0.2, 0.25) is 5.02 Å². The van der Waals surface area contributed by atoms with E-state index in [9.17, 15) is 48.0 Å². The standard InChI is InChI=1S/C41H36ClF8N7O5S2/c1-40(2,63(3,59)60)11-10-22-4-7-24(25-8-9-28(42)33-36(25)56(17-30(45)46)54-39(33)55-64(61,62)23-5-6-23)34(51-22)29(14-19-12-20(43)15-21(44)13-19)52-31(58)18-57-37-32(35(53-57)38(47)48)26-16-27(26)41(37,49)50/h4,7-9,12-13,15,23,26-27,29-30,38H,5-6,14,16-18H2,1-3H3,(H,52,58)(H,54,55). The zero-order valence-corrected chi connectivity index (χ0v) is 36.1. The van der Waals surface area contributed by atoms with E-state index in [4.69, 9.17) is 11.6 Å². The number of fused-ring (bicyclic) bond motifs is 4. The number of amides is 1. The van der Waals surface area contributed by atoms with Crippen molar-refractivity contribution in [2.24, 2.45) is 5.92 Å². The van der Waals surface area contributed by atoms with Gasteiger partial charge in [0.05, 0.1) is 32.9 Å². The van der Waals surface area contributed by atoms with E-state index in [2.05, 4.69) is 37.1 Å². The first-order valence-electron chi connectivity index (χ1n) is 19.6. The zero-order valence-electron chi connectivity index (χ0n) is 33.7. The fraction of sp³-hybridized carbons (Fsp3) is 0.415. The van der Waals surface area contributed by atoms with E-state index in [-0.39, 0.29) is 61.8 Å². The van der Waals surface area contributed by atoms with E-state index in [1.165, 1.54) is 38.1 Å². The van der Waals surface area contributed by atoms with E-state index in [0.29, 0.717) is 23.6 Å². The molecule has 0 bridgehead atoms. The summed E-state index contributed by atoms with van der Waals surface area (Å²) in [5.74, 6) is -3.94. The molecule has 0 saturated heterocycles. The zero-order chi connectivity index (χ0) is 46.4. The largest absolute Gasteiger partial charge is 0.346 e. The van der Waals surface area contributed by atoms with Crippen molar-refractivity contribution < 1.29 is 56.8 Å². The van der Waals surface area contributed by atoms with Crippen LogP contribution in [0.15, 0.2) is 42.5 Å². The Bertz CT molecular complexity index is 3020. The molecule has 0 spiro atoms. The number of alkyl halides is 6. The number of benzene rings is 2. The van der Waals surface area contributed by atoms with Crippen molar-refractivity contribution in [3.05, 3.63) is 93.0 Å². The van der Waals surface area contributed by atoms with Gasteiger partial charge < -0.3 is 5.32 Å². The summed E-state index contributed by atoms with van der Waals surface area (Å²) in [4.78, 5) is 18.7. The Kier molecular flexibility index (Phi) is 11.3. The first-order valence-corrected chi connectivity index (χ1v) is 23.4. The summed E-state index contributed by atoms with van der Waals surface area (Å²) >= 11 is 6.62. The molecular weight excluding hydrogens is 922 g/mol. The van der Waals surface area contributed by atoms with Crippen molar-refractivity contribution in [1.29, 1.82) is 0 Å². The molecule has 340 valence electrons. The van der Waals surface area contributed by atoms with Crippen LogP contribution in [0.1, 0.15) is 85.4 Å². The maximum atomic E-state index is 15.5. The number of carbonyl (C=O) groups is 1. The van der Waals surface area contributed by atoms with Gasteiger partial charge in [-0.3, -0.25) is 18.9 Å². The van der Waals surface area contributed by atoms with Gasteiger partial charge in [-0.2, -0.15) is 19.0 Å². The fourth-order valence-corrected chi connectivity index (χ4v) is 9.72. The van der Waals surface area contributed by atoms with Crippen LogP contribution in [0.5, 0.6) is 0 Å². The summed E-state index contributed by atoms with van der Waals surface area (Å²) in [7, 11) is -7.83. The van der Waals surface area contributed by atoms with E-state index >= 15 is 8.78 Å². The maximum Gasteiger partial charge on any atom is 0.293 e. The number of nitrogens with zero attached hydrogens (tertiary/aromatic N) is 5. The van der Waals surface area contributed by atoms with Gasteiger partial charge in [0.25, 0.3) is 18.8 Å². The first kappa shape index (κ1) is 45.3. The van der Waals surface area contributed by atoms with Gasteiger partial charge in [-0.15, -0.1) is 0 Å². The molecule has 3 unspecified atom stereocenters. The van der Waals surface area contributed by atoms with Gasteiger partial charge in [-0.25, -0.2) is 48.2 Å². The van der Waals surface area contributed by atoms with Crippen molar-refractivity contribution in [2.45, 2.75) is 93.4 Å². The smallest absolute Gasteiger partial charge is 0.293 e. The van der Waals surface area contributed by atoms with Crippen LogP contribution in [0.4, 0.5) is 40.9 Å². The molecule has 3 atom stereocenters. The number of anilines is 1. The van der Waals surface area contributed by atoms with E-state index < -0.39 is 115 Å². The predicted molar refractivity (Wildman–Crippen MR) is 218 cm³/mol. The van der Waals surface area contributed by atoms with Gasteiger partial charge in [0.1, 0.15) is 46.6 Å². The van der Waals surface area contributed by atoms with Gasteiger partial charge in [0.15, 0.2) is 15.7 Å². The van der Waals surface area contributed by atoms with Gasteiger partial charge in [-0.1, -0.05) is 23.6 Å². The molecular formula is C41H36ClF8N7O5S2. The van der Waals surface area contributed by atoms with Gasteiger partial charge in [0, 0.05) is 34.9 Å². The normalized spacial score (nSPS) is 18.5. The highest BCUT2D eigenvalue weighted by Gasteiger charge is 2.67. The molecule has 8 rings (SSSR count). The monoisotopic (exact) mass is 957 g/mol. The molecule has 23 heteroatoms. The number of halogens is 9. The lowest BCUT2D eigenvalue weighted by Crippen LogP contribution is -2.35. The average molecular weight is 958 g/mol. The number of hydrogen-bond donors (Lipinski definition) is 2. The molecule has 3 aliphatic rings. The topological polar surface area (TPSA) is 158 Å². The second kappa shape index (κ2) is 16.0. The molecule has 1 amide bonds. The molecule has 2 fully saturated rings. The summed E-state index contributed by atoms with van der Waals surface area (Å²) in [6, 6.07) is 6.26. The molecule has 3 aromatic heterocycles. The van der Waals surface area contributed by atoms with Crippen LogP contribution < -0.4 is 10.0 Å². The molecule has 0 radical (unpaired) electrons. The van der Waals surface area contributed by atoms with Crippen molar-refractivity contribution >= 4 is 54.1 Å². The average Bonchev–Trinajstić information content (AvgIpc) is 4.10. The summed E-state index contributed by atoms with van der Waals surface area (Å²) in [6.45, 7) is 0.542. The minimum atomic E-state index is -4.04. The van der Waals surface area contributed by atoms with E-state index in [0.717, 1.165) is 23.1 Å². The minimum absolute atomic E-state index is 0.00429. The maximum absolute atomic E-state index is 15.5. The number of pyridine rings is 1. The molecule has 2 saturated carbocycles.